The molecule has 4 rings (SSSR count). The third-order valence-electron chi connectivity index (χ3n) is 5.47. The molecule has 0 aromatic carbocycles. The highest BCUT2D eigenvalue weighted by atomic mass is 32.1. The number of carbonyl (C=O) groups is 2. The zero-order valence-electron chi connectivity index (χ0n) is 18.7. The topological polar surface area (TPSA) is 134 Å². The second-order valence-corrected chi connectivity index (χ2v) is 9.44. The number of aromatic nitrogens is 4. The van der Waals surface area contributed by atoms with Crippen molar-refractivity contribution in [3.8, 4) is 11.4 Å². The predicted molar refractivity (Wildman–Crippen MR) is 123 cm³/mol. The molecule has 0 radical (unpaired) electrons. The summed E-state index contributed by atoms with van der Waals surface area (Å²) in [5.74, 6) is 0.618. The lowest BCUT2D eigenvalue weighted by Gasteiger charge is -2.32. The van der Waals surface area contributed by atoms with Gasteiger partial charge >= 0.3 is 6.09 Å². The third-order valence-corrected chi connectivity index (χ3v) is 6.36. The Morgan fingerprint density at radius 3 is 2.76 bits per heavy atom. The van der Waals surface area contributed by atoms with Crippen molar-refractivity contribution in [3.63, 3.8) is 0 Å². The lowest BCUT2D eigenvalue weighted by atomic mass is 10.0. The molecule has 3 aromatic heterocycles. The number of piperidine rings is 1. The summed E-state index contributed by atoms with van der Waals surface area (Å²) in [4.78, 5) is 36.6. The summed E-state index contributed by atoms with van der Waals surface area (Å²) >= 11 is 1.51. The third kappa shape index (κ3) is 5.06. The Balaban J connectivity index is 1.61. The minimum Gasteiger partial charge on any atom is -0.453 e. The predicted octanol–water partition coefficient (Wildman–Crippen LogP) is 2.00. The first-order chi connectivity index (χ1) is 15.8. The Labute approximate surface area is 194 Å². The smallest absolute Gasteiger partial charge is 0.407 e. The quantitative estimate of drug-likeness (QED) is 0.495. The van der Waals surface area contributed by atoms with Crippen LogP contribution in [0.5, 0.6) is 0 Å². The Morgan fingerprint density at radius 1 is 1.30 bits per heavy atom. The lowest BCUT2D eigenvalue weighted by Crippen LogP contribution is -2.46. The van der Waals surface area contributed by atoms with Crippen molar-refractivity contribution in [2.45, 2.75) is 38.3 Å². The van der Waals surface area contributed by atoms with E-state index >= 15 is 0 Å². The molecular weight excluding hydrogens is 446 g/mol. The molecule has 176 valence electrons. The number of aliphatic hydroxyl groups is 1. The van der Waals surface area contributed by atoms with Crippen LogP contribution in [-0.2, 0) is 4.74 Å². The summed E-state index contributed by atoms with van der Waals surface area (Å²) < 4.78 is 6.39. The molecule has 11 nitrogen and oxygen atoms in total. The van der Waals surface area contributed by atoms with Crippen LogP contribution >= 0.6 is 11.3 Å². The van der Waals surface area contributed by atoms with E-state index in [0.717, 1.165) is 10.4 Å². The van der Waals surface area contributed by atoms with Crippen LogP contribution in [0.4, 0.5) is 10.6 Å². The molecule has 33 heavy (non-hydrogen) atoms. The van der Waals surface area contributed by atoms with Crippen molar-refractivity contribution in [3.05, 3.63) is 29.5 Å². The molecule has 1 aliphatic heterocycles. The van der Waals surface area contributed by atoms with Gasteiger partial charge in [-0.2, -0.15) is 5.10 Å². The number of likely N-dealkylation sites (tertiary alicyclic amines) is 1. The average Bonchev–Trinajstić information content (AvgIpc) is 3.42. The van der Waals surface area contributed by atoms with Gasteiger partial charge in [0.05, 0.1) is 31.0 Å². The molecule has 0 atom stereocenters. The number of amides is 2. The molecule has 1 aliphatic rings. The van der Waals surface area contributed by atoms with Crippen molar-refractivity contribution < 1.29 is 19.4 Å². The SMILES string of the molecule is COC(=O)NC1CCN(C(=O)c2cc(NC(C)(C)CO)nc(-c3cnn4ccsc34)n2)CC1. The number of thiazole rings is 1. The highest BCUT2D eigenvalue weighted by Gasteiger charge is 2.27. The number of carbonyl (C=O) groups excluding carboxylic acids is 2. The van der Waals surface area contributed by atoms with Crippen molar-refractivity contribution in [1.82, 2.24) is 29.8 Å². The zero-order valence-corrected chi connectivity index (χ0v) is 19.6. The molecule has 0 unspecified atom stereocenters. The second-order valence-electron chi connectivity index (χ2n) is 8.54. The van der Waals surface area contributed by atoms with Gasteiger partial charge in [-0.1, -0.05) is 0 Å². The van der Waals surface area contributed by atoms with E-state index in [9.17, 15) is 14.7 Å². The van der Waals surface area contributed by atoms with Gasteiger partial charge in [0, 0.05) is 36.8 Å². The number of fused-ring (bicyclic) bond motifs is 1. The largest absolute Gasteiger partial charge is 0.453 e. The Bertz CT molecular complexity index is 1150. The van der Waals surface area contributed by atoms with Crippen molar-refractivity contribution in [1.29, 1.82) is 0 Å². The number of nitrogens with one attached hydrogen (secondary N) is 2. The first kappa shape index (κ1) is 22.9. The molecule has 0 bridgehead atoms. The normalized spacial score (nSPS) is 15.0. The van der Waals surface area contributed by atoms with Crippen LogP contribution in [-0.4, -0.2) is 80.0 Å². The summed E-state index contributed by atoms with van der Waals surface area (Å²) in [5.41, 5.74) is 0.346. The van der Waals surface area contributed by atoms with Crippen molar-refractivity contribution in [2.24, 2.45) is 0 Å². The number of ether oxygens (including phenoxy) is 1. The Morgan fingerprint density at radius 2 is 2.06 bits per heavy atom. The number of anilines is 1. The maximum absolute atomic E-state index is 13.3. The zero-order chi connectivity index (χ0) is 23.6. The molecule has 3 N–H and O–H groups in total. The van der Waals surface area contributed by atoms with Gasteiger partial charge in [0.1, 0.15) is 16.3 Å². The first-order valence-electron chi connectivity index (χ1n) is 10.6. The van der Waals surface area contributed by atoms with E-state index in [0.29, 0.717) is 37.6 Å². The van der Waals surface area contributed by atoms with Gasteiger partial charge in [-0.15, -0.1) is 11.3 Å². The summed E-state index contributed by atoms with van der Waals surface area (Å²) in [6.45, 7) is 4.54. The van der Waals surface area contributed by atoms with Crippen LogP contribution in [0.1, 0.15) is 37.2 Å². The van der Waals surface area contributed by atoms with Crippen LogP contribution < -0.4 is 10.6 Å². The lowest BCUT2D eigenvalue weighted by molar-refractivity contribution is 0.0698. The average molecular weight is 474 g/mol. The van der Waals surface area contributed by atoms with Gasteiger partial charge in [-0.05, 0) is 26.7 Å². The van der Waals surface area contributed by atoms with Crippen molar-refractivity contribution in [2.75, 3.05) is 32.1 Å². The molecule has 4 heterocycles. The molecule has 0 aliphatic carbocycles. The van der Waals surface area contributed by atoms with Crippen LogP contribution in [0.25, 0.3) is 16.2 Å². The minimum atomic E-state index is -0.638. The summed E-state index contributed by atoms with van der Waals surface area (Å²) in [5, 5.41) is 21.9. The number of aliphatic hydroxyl groups excluding tert-OH is 1. The summed E-state index contributed by atoms with van der Waals surface area (Å²) in [6.07, 6.45) is 4.31. The second kappa shape index (κ2) is 9.32. The Kier molecular flexibility index (Phi) is 6.47. The van der Waals surface area contributed by atoms with E-state index in [2.05, 4.69) is 30.4 Å². The Hall–Kier alpha value is -3.25. The number of methoxy groups -OCH3 is 1. The molecule has 1 saturated heterocycles. The summed E-state index contributed by atoms with van der Waals surface area (Å²) in [6, 6.07) is 1.57. The summed E-state index contributed by atoms with van der Waals surface area (Å²) in [7, 11) is 1.33. The van der Waals surface area contributed by atoms with E-state index in [1.54, 1.807) is 21.7 Å². The molecule has 0 spiro atoms. The number of alkyl carbamates (subject to hydrolysis) is 1. The standard InChI is InChI=1S/C21H27N7O4S/c1-21(2,12-29)26-16-10-15(18(30)27-6-4-13(5-7-27)23-20(31)32-3)24-17(25-16)14-11-22-28-8-9-33-19(14)28/h8-11,13,29H,4-7,12H2,1-3H3,(H,23,31)(H,24,25,26). The van der Waals surface area contributed by atoms with E-state index < -0.39 is 11.6 Å². The monoisotopic (exact) mass is 473 g/mol. The maximum Gasteiger partial charge on any atom is 0.407 e. The number of hydrogen-bond donors (Lipinski definition) is 3. The minimum absolute atomic E-state index is 0.0374. The van der Waals surface area contributed by atoms with Crippen LogP contribution in [0.2, 0.25) is 0 Å². The van der Waals surface area contributed by atoms with E-state index in [1.165, 1.54) is 18.4 Å². The van der Waals surface area contributed by atoms with Gasteiger partial charge in [-0.25, -0.2) is 19.3 Å². The van der Waals surface area contributed by atoms with Gasteiger partial charge in [-0.3, -0.25) is 4.79 Å². The molecule has 3 aromatic rings. The first-order valence-corrected chi connectivity index (χ1v) is 11.5. The molecule has 2 amide bonds. The van der Waals surface area contributed by atoms with Gasteiger partial charge in [0.25, 0.3) is 5.91 Å². The fourth-order valence-corrected chi connectivity index (χ4v) is 4.41. The molecular formula is C21H27N7O4S. The van der Waals surface area contributed by atoms with Crippen LogP contribution in [0.3, 0.4) is 0 Å². The van der Waals surface area contributed by atoms with Crippen LogP contribution in [0.15, 0.2) is 23.8 Å². The number of hydrogen-bond acceptors (Lipinski definition) is 9. The van der Waals surface area contributed by atoms with Crippen molar-refractivity contribution >= 4 is 34.0 Å². The fourth-order valence-electron chi connectivity index (χ4n) is 3.62. The van der Waals surface area contributed by atoms with Gasteiger partial charge in [0.2, 0.25) is 0 Å². The van der Waals surface area contributed by atoms with Gasteiger partial charge in [0.15, 0.2) is 5.82 Å². The molecule has 0 saturated carbocycles. The fraction of sp³-hybridized carbons (Fsp3) is 0.476. The maximum atomic E-state index is 13.3. The van der Waals surface area contributed by atoms with E-state index in [4.69, 9.17) is 0 Å². The van der Waals surface area contributed by atoms with Crippen LogP contribution in [0, 0.1) is 0 Å². The molecule has 1 fully saturated rings. The number of rotatable bonds is 6. The van der Waals surface area contributed by atoms with Gasteiger partial charge < -0.3 is 25.4 Å². The number of nitrogens with zero attached hydrogens (tertiary/aromatic N) is 5. The van der Waals surface area contributed by atoms with E-state index in [1.807, 2.05) is 25.4 Å². The van der Waals surface area contributed by atoms with E-state index in [-0.39, 0.29) is 24.2 Å². The molecule has 12 heteroatoms. The highest BCUT2D eigenvalue weighted by Crippen LogP contribution is 2.27. The highest BCUT2D eigenvalue weighted by molar-refractivity contribution is 7.16.